The van der Waals surface area contributed by atoms with E-state index in [9.17, 15) is 14.4 Å². The number of carbonyl (C=O) groups is 3. The minimum Gasteiger partial charge on any atom is -0.461 e. The number of rotatable bonds is 5. The molecule has 0 aromatic carbocycles. The fraction of sp³-hybridized carbons (Fsp3) is 0.615. The third-order valence-electron chi connectivity index (χ3n) is 1.85. The first-order chi connectivity index (χ1) is 9.19. The summed E-state index contributed by atoms with van der Waals surface area (Å²) in [6, 6.07) is 0. The first-order valence-electron chi connectivity index (χ1n) is 6.29. The summed E-state index contributed by atoms with van der Waals surface area (Å²) in [6.07, 6.45) is 0.717. The van der Waals surface area contributed by atoms with Crippen LogP contribution in [-0.4, -0.2) is 36.7 Å². The Morgan fingerprint density at radius 3 is 2.25 bits per heavy atom. The minimum absolute atomic E-state index is 0.0304. The number of nitrogens with one attached hydrogen (secondary N) is 2. The van der Waals surface area contributed by atoms with E-state index in [1.807, 2.05) is 0 Å². The monoisotopic (exact) mass is 286 g/mol. The molecule has 2 N–H and O–H groups in total. The highest BCUT2D eigenvalue weighted by atomic mass is 16.6. The Hall–Kier alpha value is -2.05. The Bertz CT molecular complexity index is 396. The van der Waals surface area contributed by atoms with Crippen LogP contribution in [0.5, 0.6) is 0 Å². The summed E-state index contributed by atoms with van der Waals surface area (Å²) in [5, 5.41) is 4.63. The van der Waals surface area contributed by atoms with E-state index in [0.29, 0.717) is 0 Å². The summed E-state index contributed by atoms with van der Waals surface area (Å²) in [7, 11) is 0. The molecule has 0 radical (unpaired) electrons. The molecule has 114 valence electrons. The van der Waals surface area contributed by atoms with Gasteiger partial charge in [-0.2, -0.15) is 0 Å². The van der Waals surface area contributed by atoms with Gasteiger partial charge in [0, 0.05) is 0 Å². The number of hydrogen-bond donors (Lipinski definition) is 2. The molecule has 0 atom stereocenters. The molecule has 7 nitrogen and oxygen atoms in total. The Labute approximate surface area is 118 Å². The topological polar surface area (TPSA) is 93.7 Å². The van der Waals surface area contributed by atoms with Crippen molar-refractivity contribution in [1.82, 2.24) is 10.6 Å². The van der Waals surface area contributed by atoms with Crippen molar-refractivity contribution in [2.75, 3.05) is 13.2 Å². The first kappa shape index (κ1) is 17.9. The molecule has 0 heterocycles. The molecule has 0 aliphatic heterocycles. The van der Waals surface area contributed by atoms with E-state index in [1.165, 1.54) is 6.08 Å². The van der Waals surface area contributed by atoms with Gasteiger partial charge in [0.25, 0.3) is 0 Å². The van der Waals surface area contributed by atoms with E-state index < -0.39 is 23.6 Å². The lowest BCUT2D eigenvalue weighted by Gasteiger charge is -2.19. The molecule has 0 aliphatic carbocycles. The highest BCUT2D eigenvalue weighted by Gasteiger charge is 2.17. The maximum atomic E-state index is 11.6. The predicted octanol–water partition coefficient (Wildman–Crippen LogP) is 1.09. The van der Waals surface area contributed by atoms with Crippen LogP contribution in [0.25, 0.3) is 0 Å². The SMILES string of the molecule is C/C=C(\NC(=O)CNC(=O)OC(C)(C)C)C(=O)OCC. The van der Waals surface area contributed by atoms with Crippen molar-refractivity contribution in [1.29, 1.82) is 0 Å². The van der Waals surface area contributed by atoms with Crippen LogP contribution in [0.2, 0.25) is 0 Å². The van der Waals surface area contributed by atoms with E-state index in [-0.39, 0.29) is 18.8 Å². The molecule has 20 heavy (non-hydrogen) atoms. The molecule has 0 aromatic heterocycles. The second-order valence-corrected chi connectivity index (χ2v) is 4.83. The predicted molar refractivity (Wildman–Crippen MR) is 72.8 cm³/mol. The van der Waals surface area contributed by atoms with Gasteiger partial charge < -0.3 is 20.1 Å². The number of alkyl carbamates (subject to hydrolysis) is 1. The molecule has 0 bridgehead atoms. The van der Waals surface area contributed by atoms with Gasteiger partial charge in [0.15, 0.2) is 0 Å². The maximum absolute atomic E-state index is 11.6. The minimum atomic E-state index is -0.703. The van der Waals surface area contributed by atoms with Gasteiger partial charge in [-0.15, -0.1) is 0 Å². The summed E-state index contributed by atoms with van der Waals surface area (Å²) < 4.78 is 9.72. The van der Waals surface area contributed by atoms with Crippen LogP contribution in [0.3, 0.4) is 0 Å². The first-order valence-corrected chi connectivity index (χ1v) is 6.29. The van der Waals surface area contributed by atoms with Crippen molar-refractivity contribution in [3.8, 4) is 0 Å². The average molecular weight is 286 g/mol. The van der Waals surface area contributed by atoms with Gasteiger partial charge >= 0.3 is 12.1 Å². The fourth-order valence-electron chi connectivity index (χ4n) is 1.11. The summed E-state index contributed by atoms with van der Waals surface area (Å²) in [4.78, 5) is 34.3. The molecule has 2 amide bonds. The Kier molecular flexibility index (Phi) is 7.35. The van der Waals surface area contributed by atoms with Crippen LogP contribution in [0.15, 0.2) is 11.8 Å². The van der Waals surface area contributed by atoms with Gasteiger partial charge in [0.05, 0.1) is 6.61 Å². The Balaban J connectivity index is 4.23. The van der Waals surface area contributed by atoms with Crippen molar-refractivity contribution in [3.63, 3.8) is 0 Å². The molecular weight excluding hydrogens is 264 g/mol. The van der Waals surface area contributed by atoms with Crippen molar-refractivity contribution >= 4 is 18.0 Å². The largest absolute Gasteiger partial charge is 0.461 e. The van der Waals surface area contributed by atoms with E-state index >= 15 is 0 Å². The standard InChI is InChI=1S/C13H22N2O5/c1-6-9(11(17)19-7-2)15-10(16)8-14-12(18)20-13(3,4)5/h6H,7-8H2,1-5H3,(H,14,18)(H,15,16)/b9-6-. The molecule has 0 unspecified atom stereocenters. The van der Waals surface area contributed by atoms with Gasteiger partial charge in [0.1, 0.15) is 17.8 Å². The summed E-state index contributed by atoms with van der Waals surface area (Å²) in [5.74, 6) is -1.17. The van der Waals surface area contributed by atoms with E-state index in [1.54, 1.807) is 34.6 Å². The molecular formula is C13H22N2O5. The number of amides is 2. The molecule has 7 heteroatoms. The molecule has 0 aromatic rings. The van der Waals surface area contributed by atoms with Crippen LogP contribution in [0.4, 0.5) is 4.79 Å². The maximum Gasteiger partial charge on any atom is 0.408 e. The zero-order chi connectivity index (χ0) is 15.8. The molecule has 0 saturated heterocycles. The van der Waals surface area contributed by atoms with E-state index in [0.717, 1.165) is 0 Å². The van der Waals surface area contributed by atoms with Crippen molar-refractivity contribution in [3.05, 3.63) is 11.8 Å². The summed E-state index contributed by atoms with van der Waals surface area (Å²) in [5.41, 5.74) is -0.609. The van der Waals surface area contributed by atoms with Gasteiger partial charge in [-0.05, 0) is 34.6 Å². The molecule has 0 spiro atoms. The summed E-state index contributed by atoms with van der Waals surface area (Å²) >= 11 is 0. The average Bonchev–Trinajstić information content (AvgIpc) is 2.31. The van der Waals surface area contributed by atoms with Crippen LogP contribution in [0.1, 0.15) is 34.6 Å². The number of esters is 1. The van der Waals surface area contributed by atoms with Crippen molar-refractivity contribution in [2.45, 2.75) is 40.2 Å². The normalized spacial score (nSPS) is 11.6. The molecule has 0 fully saturated rings. The highest BCUT2D eigenvalue weighted by Crippen LogP contribution is 2.06. The van der Waals surface area contributed by atoms with E-state index in [2.05, 4.69) is 10.6 Å². The molecule has 0 aliphatic rings. The summed E-state index contributed by atoms with van der Waals surface area (Å²) in [6.45, 7) is 8.31. The van der Waals surface area contributed by atoms with Gasteiger partial charge in [0.2, 0.25) is 5.91 Å². The highest BCUT2D eigenvalue weighted by molar-refractivity contribution is 5.94. The number of allylic oxidation sites excluding steroid dienone is 1. The molecule has 0 rings (SSSR count). The smallest absolute Gasteiger partial charge is 0.408 e. The second kappa shape index (κ2) is 8.19. The van der Waals surface area contributed by atoms with Crippen LogP contribution < -0.4 is 10.6 Å². The van der Waals surface area contributed by atoms with Crippen LogP contribution in [-0.2, 0) is 19.1 Å². The third kappa shape index (κ3) is 8.12. The lowest BCUT2D eigenvalue weighted by molar-refractivity contribution is -0.140. The fourth-order valence-corrected chi connectivity index (χ4v) is 1.11. The second-order valence-electron chi connectivity index (χ2n) is 4.83. The van der Waals surface area contributed by atoms with Gasteiger partial charge in [-0.1, -0.05) is 6.08 Å². The lowest BCUT2D eigenvalue weighted by atomic mass is 10.2. The number of hydrogen-bond acceptors (Lipinski definition) is 5. The number of carbonyl (C=O) groups excluding carboxylic acids is 3. The lowest BCUT2D eigenvalue weighted by Crippen LogP contribution is -2.40. The van der Waals surface area contributed by atoms with Crippen LogP contribution >= 0.6 is 0 Å². The van der Waals surface area contributed by atoms with Crippen molar-refractivity contribution < 1.29 is 23.9 Å². The third-order valence-corrected chi connectivity index (χ3v) is 1.85. The van der Waals surface area contributed by atoms with E-state index in [4.69, 9.17) is 9.47 Å². The Morgan fingerprint density at radius 2 is 1.80 bits per heavy atom. The zero-order valence-corrected chi connectivity index (χ0v) is 12.5. The van der Waals surface area contributed by atoms with Crippen molar-refractivity contribution in [2.24, 2.45) is 0 Å². The van der Waals surface area contributed by atoms with Crippen LogP contribution in [0, 0.1) is 0 Å². The van der Waals surface area contributed by atoms with Gasteiger partial charge in [-0.3, -0.25) is 4.79 Å². The number of ether oxygens (including phenoxy) is 2. The quantitative estimate of drug-likeness (QED) is 0.583. The Morgan fingerprint density at radius 1 is 1.20 bits per heavy atom. The van der Waals surface area contributed by atoms with Gasteiger partial charge in [-0.25, -0.2) is 9.59 Å². The molecule has 0 saturated carbocycles. The zero-order valence-electron chi connectivity index (χ0n) is 12.5.